The van der Waals surface area contributed by atoms with E-state index in [0.29, 0.717) is 11.7 Å². The lowest BCUT2D eigenvalue weighted by Crippen LogP contribution is -2.01. The van der Waals surface area contributed by atoms with Crippen LogP contribution in [0.1, 0.15) is 5.69 Å². The number of H-pyrrole nitrogens is 2. The van der Waals surface area contributed by atoms with Crippen molar-refractivity contribution in [3.8, 4) is 5.75 Å². The van der Waals surface area contributed by atoms with Crippen LogP contribution in [0.2, 0.25) is 0 Å². The molecule has 1 heterocycles. The van der Waals surface area contributed by atoms with Gasteiger partial charge in [0, 0.05) is 22.1 Å². The summed E-state index contributed by atoms with van der Waals surface area (Å²) in [6, 6.07) is 5.77. The topological polar surface area (TPSA) is 57.9 Å². The number of hydrogen-bond acceptors (Lipinski definition) is 3. The van der Waals surface area contributed by atoms with Crippen LogP contribution < -0.4 is 10.4 Å². The number of rotatable bonds is 5. The summed E-state index contributed by atoms with van der Waals surface area (Å²) in [4.78, 5) is 16.1. The van der Waals surface area contributed by atoms with E-state index in [-0.39, 0.29) is 5.69 Å². The maximum Gasteiger partial charge on any atom is 0.323 e. The largest absolute Gasteiger partial charge is 0.482 e. The lowest BCUT2D eigenvalue weighted by Gasteiger charge is -2.07. The summed E-state index contributed by atoms with van der Waals surface area (Å²) in [5.41, 5.74) is 0.683. The molecule has 0 aliphatic rings. The number of halogens is 2. The highest BCUT2D eigenvalue weighted by molar-refractivity contribution is 9.11. The maximum atomic E-state index is 10.9. The number of thioether (sulfide) groups is 1. The highest BCUT2D eigenvalue weighted by atomic mass is 79.9. The second-order valence-electron chi connectivity index (χ2n) is 3.45. The minimum Gasteiger partial charge on any atom is -0.482 e. The van der Waals surface area contributed by atoms with Crippen LogP contribution in [0, 0.1) is 0 Å². The van der Waals surface area contributed by atoms with Crippen molar-refractivity contribution < 1.29 is 4.74 Å². The molecule has 96 valence electrons. The third-order valence-electron chi connectivity index (χ3n) is 2.10. The second-order valence-corrected chi connectivity index (χ2v) is 6.16. The number of aromatic amines is 2. The van der Waals surface area contributed by atoms with Crippen LogP contribution in [0.15, 0.2) is 38.1 Å². The maximum absolute atomic E-state index is 10.9. The molecule has 0 saturated carbocycles. The molecule has 0 spiro atoms. The van der Waals surface area contributed by atoms with Crippen molar-refractivity contribution >= 4 is 43.6 Å². The van der Waals surface area contributed by atoms with Gasteiger partial charge in [0.2, 0.25) is 0 Å². The number of nitrogens with one attached hydrogen (secondary N) is 2. The summed E-state index contributed by atoms with van der Waals surface area (Å²) in [5, 5.41) is 0. The fourth-order valence-electron chi connectivity index (χ4n) is 1.29. The van der Waals surface area contributed by atoms with Crippen LogP contribution in [0.3, 0.4) is 0 Å². The number of imidazole rings is 1. The van der Waals surface area contributed by atoms with Gasteiger partial charge in [0.25, 0.3) is 0 Å². The van der Waals surface area contributed by atoms with Crippen molar-refractivity contribution in [2.45, 2.75) is 5.75 Å². The van der Waals surface area contributed by atoms with Gasteiger partial charge in [-0.1, -0.05) is 15.9 Å². The van der Waals surface area contributed by atoms with E-state index in [9.17, 15) is 4.79 Å². The summed E-state index contributed by atoms with van der Waals surface area (Å²) in [6.45, 7) is 0. The molecule has 0 aliphatic heterocycles. The first-order valence-corrected chi connectivity index (χ1v) is 7.81. The molecule has 0 unspecified atom stereocenters. The highest BCUT2D eigenvalue weighted by Crippen LogP contribution is 2.29. The average Bonchev–Trinajstić information content (AvgIpc) is 2.75. The number of ether oxygens (including phenoxy) is 1. The molecule has 2 aromatic rings. The molecule has 0 aliphatic carbocycles. The van der Waals surface area contributed by atoms with E-state index in [1.54, 1.807) is 18.0 Å². The summed E-state index contributed by atoms with van der Waals surface area (Å²) in [6.07, 6.45) is 1.67. The fraction of sp³-hybridized carbons (Fsp3) is 0.182. The molecule has 4 nitrogen and oxygen atoms in total. The zero-order chi connectivity index (χ0) is 13.0. The van der Waals surface area contributed by atoms with Crippen molar-refractivity contribution in [1.82, 2.24) is 9.97 Å². The van der Waals surface area contributed by atoms with Gasteiger partial charge < -0.3 is 14.7 Å². The molecule has 1 aromatic carbocycles. The van der Waals surface area contributed by atoms with Gasteiger partial charge in [0.1, 0.15) is 11.7 Å². The molecule has 0 atom stereocenters. The van der Waals surface area contributed by atoms with Crippen LogP contribution >= 0.6 is 43.6 Å². The van der Waals surface area contributed by atoms with Crippen molar-refractivity contribution in [2.24, 2.45) is 0 Å². The van der Waals surface area contributed by atoms with Crippen molar-refractivity contribution in [3.63, 3.8) is 0 Å². The summed E-state index contributed by atoms with van der Waals surface area (Å²) in [7, 11) is 0. The Morgan fingerprint density at radius 3 is 2.89 bits per heavy atom. The second kappa shape index (κ2) is 6.49. The molecule has 1 aromatic heterocycles. The van der Waals surface area contributed by atoms with Crippen LogP contribution in [-0.4, -0.2) is 15.9 Å². The monoisotopic (exact) mass is 392 g/mol. The third-order valence-corrected chi connectivity index (χ3v) is 4.05. The first-order valence-electron chi connectivity index (χ1n) is 5.07. The van der Waals surface area contributed by atoms with Crippen molar-refractivity contribution in [3.05, 3.63) is 49.5 Å². The fourth-order valence-corrected chi connectivity index (χ4v) is 2.66. The van der Waals surface area contributed by atoms with Gasteiger partial charge in [-0.3, -0.25) is 0 Å². The van der Waals surface area contributed by atoms with Gasteiger partial charge in [-0.15, -0.1) is 11.8 Å². The van der Waals surface area contributed by atoms with Crippen molar-refractivity contribution in [1.29, 1.82) is 0 Å². The Hall–Kier alpha value is -0.660. The normalized spacial score (nSPS) is 10.6. The number of benzene rings is 1. The zero-order valence-corrected chi connectivity index (χ0v) is 13.2. The van der Waals surface area contributed by atoms with Gasteiger partial charge in [-0.25, -0.2) is 4.79 Å². The van der Waals surface area contributed by atoms with E-state index >= 15 is 0 Å². The lowest BCUT2D eigenvalue weighted by molar-refractivity contribution is 0.390. The lowest BCUT2D eigenvalue weighted by atomic mass is 10.3. The highest BCUT2D eigenvalue weighted by Gasteiger charge is 2.02. The summed E-state index contributed by atoms with van der Waals surface area (Å²) >= 11 is 8.40. The first kappa shape index (κ1) is 13.8. The number of hydrogen-bond donors (Lipinski definition) is 2. The van der Waals surface area contributed by atoms with E-state index in [1.807, 2.05) is 18.2 Å². The molecule has 0 radical (unpaired) electrons. The Morgan fingerprint density at radius 2 is 2.17 bits per heavy atom. The standard InChI is InChI=1S/C11H10Br2N2O2S/c12-7-1-2-9(13)10(3-7)17-6-18-5-8-4-14-11(16)15-8/h1-4H,5-6H2,(H2,14,15,16). The SMILES string of the molecule is O=c1[nH]cc(CSCOc2cc(Br)ccc2Br)[nH]1. The number of aromatic nitrogens is 2. The third kappa shape index (κ3) is 3.93. The molecule has 0 fully saturated rings. The predicted octanol–water partition coefficient (Wildman–Crippen LogP) is 3.50. The Labute approximate surface area is 125 Å². The van der Waals surface area contributed by atoms with Gasteiger partial charge >= 0.3 is 5.69 Å². The van der Waals surface area contributed by atoms with Gasteiger partial charge in [0.05, 0.1) is 4.47 Å². The predicted molar refractivity (Wildman–Crippen MR) is 80.0 cm³/mol. The van der Waals surface area contributed by atoms with E-state index in [4.69, 9.17) is 4.74 Å². The van der Waals surface area contributed by atoms with Gasteiger partial charge in [-0.2, -0.15) is 0 Å². The molecule has 2 N–H and O–H groups in total. The van der Waals surface area contributed by atoms with Gasteiger partial charge in [-0.05, 0) is 34.1 Å². The first-order chi connectivity index (χ1) is 8.65. The molecule has 7 heteroatoms. The molecular weight excluding hydrogens is 384 g/mol. The minimum absolute atomic E-state index is 0.179. The Kier molecular flexibility index (Phi) is 4.96. The minimum atomic E-state index is -0.179. The quantitative estimate of drug-likeness (QED) is 0.603. The van der Waals surface area contributed by atoms with E-state index in [1.165, 1.54) is 0 Å². The summed E-state index contributed by atoms with van der Waals surface area (Å²) < 4.78 is 7.52. The Bertz CT molecular complexity index is 582. The molecule has 18 heavy (non-hydrogen) atoms. The van der Waals surface area contributed by atoms with E-state index in [0.717, 1.165) is 20.4 Å². The smallest absolute Gasteiger partial charge is 0.323 e. The molecule has 0 bridgehead atoms. The average molecular weight is 394 g/mol. The summed E-state index contributed by atoms with van der Waals surface area (Å²) in [5.74, 6) is 2.01. The molecule has 0 amide bonds. The van der Waals surface area contributed by atoms with Crippen LogP contribution in [0.25, 0.3) is 0 Å². The van der Waals surface area contributed by atoms with E-state index in [2.05, 4.69) is 41.8 Å². The molecule has 0 saturated heterocycles. The molecule has 2 rings (SSSR count). The Balaban J connectivity index is 1.81. The van der Waals surface area contributed by atoms with E-state index < -0.39 is 0 Å². The molecular formula is C11H10Br2N2O2S. The van der Waals surface area contributed by atoms with Crippen LogP contribution in [0.5, 0.6) is 5.75 Å². The van der Waals surface area contributed by atoms with Gasteiger partial charge in [0.15, 0.2) is 0 Å². The van der Waals surface area contributed by atoms with Crippen LogP contribution in [-0.2, 0) is 5.75 Å². The van der Waals surface area contributed by atoms with Crippen LogP contribution in [0.4, 0.5) is 0 Å². The zero-order valence-electron chi connectivity index (χ0n) is 9.20. The Morgan fingerprint density at radius 1 is 1.33 bits per heavy atom. The van der Waals surface area contributed by atoms with Crippen molar-refractivity contribution in [2.75, 3.05) is 5.94 Å².